The summed E-state index contributed by atoms with van der Waals surface area (Å²) in [6.07, 6.45) is -3.53. The lowest BCUT2D eigenvalue weighted by Gasteiger charge is -2.20. The number of methoxy groups -OCH3 is 1. The second kappa shape index (κ2) is 13.4. The average Bonchev–Trinajstić information content (AvgIpc) is 3.59. The number of thioether (sulfide) groups is 1. The Kier molecular flexibility index (Phi) is 9.34. The fourth-order valence-corrected chi connectivity index (χ4v) is 5.06. The van der Waals surface area contributed by atoms with Gasteiger partial charge in [0.1, 0.15) is 24.5 Å². The molecule has 1 aliphatic rings. The summed E-state index contributed by atoms with van der Waals surface area (Å²) in [5, 5.41) is 6.77. The predicted octanol–water partition coefficient (Wildman–Crippen LogP) is 6.01. The molecule has 1 fully saturated rings. The van der Waals surface area contributed by atoms with Gasteiger partial charge in [0.2, 0.25) is 5.91 Å². The summed E-state index contributed by atoms with van der Waals surface area (Å²) < 4.78 is 67.7. The highest BCUT2D eigenvalue weighted by Gasteiger charge is 2.32. The van der Waals surface area contributed by atoms with Crippen molar-refractivity contribution < 1.29 is 41.4 Å². The summed E-state index contributed by atoms with van der Waals surface area (Å²) in [6.45, 7) is 1.89. The molecule has 234 valence electrons. The number of anilines is 2. The summed E-state index contributed by atoms with van der Waals surface area (Å²) in [5.41, 5.74) is 2.89. The van der Waals surface area contributed by atoms with Gasteiger partial charge in [-0.2, -0.15) is 9.98 Å². The Labute approximate surface area is 257 Å². The molecule has 2 heterocycles. The van der Waals surface area contributed by atoms with E-state index in [-0.39, 0.29) is 47.3 Å². The van der Waals surface area contributed by atoms with Crippen molar-refractivity contribution in [3.05, 3.63) is 89.5 Å². The van der Waals surface area contributed by atoms with Crippen LogP contribution in [0, 0.1) is 12.7 Å². The summed E-state index contributed by atoms with van der Waals surface area (Å²) in [5.74, 6) is -1.21. The minimum atomic E-state index is -4.81. The van der Waals surface area contributed by atoms with Gasteiger partial charge in [-0.25, -0.2) is 13.9 Å². The fourth-order valence-electron chi connectivity index (χ4n) is 4.20. The molecule has 3 aromatic carbocycles. The lowest BCUT2D eigenvalue weighted by molar-refractivity contribution is -0.274. The number of alkyl halides is 3. The smallest absolute Gasteiger partial charge is 0.457 e. The van der Waals surface area contributed by atoms with Gasteiger partial charge in [0.15, 0.2) is 5.17 Å². The van der Waals surface area contributed by atoms with Crippen molar-refractivity contribution in [2.45, 2.75) is 26.5 Å². The van der Waals surface area contributed by atoms with Crippen molar-refractivity contribution in [1.29, 1.82) is 0 Å². The van der Waals surface area contributed by atoms with Crippen molar-refractivity contribution in [1.82, 2.24) is 14.8 Å². The molecule has 0 radical (unpaired) electrons. The molecule has 45 heavy (non-hydrogen) atoms. The van der Waals surface area contributed by atoms with Crippen molar-refractivity contribution in [3.8, 4) is 17.4 Å². The van der Waals surface area contributed by atoms with Gasteiger partial charge in [0.25, 0.3) is 0 Å². The molecule has 0 spiro atoms. The van der Waals surface area contributed by atoms with E-state index in [1.165, 1.54) is 40.2 Å². The van der Waals surface area contributed by atoms with Gasteiger partial charge in [-0.05, 0) is 55.0 Å². The number of aryl methyl sites for hydroxylation is 1. The minimum absolute atomic E-state index is 0.103. The van der Waals surface area contributed by atoms with E-state index in [2.05, 4.69) is 25.1 Å². The highest BCUT2D eigenvalue weighted by molar-refractivity contribution is 8.15. The van der Waals surface area contributed by atoms with Crippen LogP contribution in [-0.2, 0) is 22.7 Å². The molecule has 1 N–H and O–H groups in total. The molecule has 5 rings (SSSR count). The Bertz CT molecular complexity index is 1750. The molecule has 3 amide bonds. The predicted molar refractivity (Wildman–Crippen MR) is 157 cm³/mol. The number of benzene rings is 3. The third kappa shape index (κ3) is 7.96. The van der Waals surface area contributed by atoms with E-state index in [4.69, 9.17) is 9.47 Å². The minimum Gasteiger partial charge on any atom is -0.457 e. The van der Waals surface area contributed by atoms with E-state index in [9.17, 15) is 27.2 Å². The maximum absolute atomic E-state index is 14.8. The number of halogens is 4. The maximum Gasteiger partial charge on any atom is 0.573 e. The Morgan fingerprint density at radius 2 is 1.82 bits per heavy atom. The molecule has 1 aromatic heterocycles. The van der Waals surface area contributed by atoms with E-state index in [1.807, 2.05) is 25.1 Å². The van der Waals surface area contributed by atoms with Gasteiger partial charge in [0, 0.05) is 23.9 Å². The standard InChI is InChI=1S/C29H24F4N6O5S/c1-17-3-4-19(13-42-2)24(11-17)39-25(40)15-45-28(39)36-26(41)35-20-6-5-18(23(30)12-20)14-43-27-34-16-38(37-27)21-7-9-22(10-8-21)44-29(31,32)33/h3-12,16H,13-15H2,1-2H3,(H,35,41). The Balaban J connectivity index is 1.21. The summed E-state index contributed by atoms with van der Waals surface area (Å²) in [4.78, 5) is 34.8. The van der Waals surface area contributed by atoms with Crippen LogP contribution in [0.25, 0.3) is 5.69 Å². The molecule has 11 nitrogen and oxygen atoms in total. The number of hydrogen-bond donors (Lipinski definition) is 1. The van der Waals surface area contributed by atoms with Crippen molar-refractivity contribution in [3.63, 3.8) is 0 Å². The van der Waals surface area contributed by atoms with Crippen LogP contribution in [0.5, 0.6) is 11.8 Å². The number of rotatable bonds is 9. The van der Waals surface area contributed by atoms with E-state index in [0.717, 1.165) is 41.1 Å². The first-order valence-corrected chi connectivity index (χ1v) is 14.1. The number of urea groups is 1. The normalized spacial score (nSPS) is 14.2. The fraction of sp³-hybridized carbons (Fsp3) is 0.207. The lowest BCUT2D eigenvalue weighted by atomic mass is 10.1. The average molecular weight is 645 g/mol. The number of carbonyl (C=O) groups is 2. The molecule has 0 aliphatic carbocycles. The van der Waals surface area contributed by atoms with Gasteiger partial charge >= 0.3 is 18.4 Å². The number of carbonyl (C=O) groups excluding carboxylic acids is 2. The summed E-state index contributed by atoms with van der Waals surface area (Å²) >= 11 is 1.11. The van der Waals surface area contributed by atoms with Crippen LogP contribution in [0.1, 0.15) is 16.7 Å². The highest BCUT2D eigenvalue weighted by atomic mass is 32.2. The van der Waals surface area contributed by atoms with Crippen LogP contribution in [0.2, 0.25) is 0 Å². The van der Waals surface area contributed by atoms with Crippen molar-refractivity contribution >= 4 is 40.2 Å². The Hall–Kier alpha value is -4.96. The topological polar surface area (TPSA) is 120 Å². The van der Waals surface area contributed by atoms with E-state index in [0.29, 0.717) is 11.4 Å². The number of amides is 3. The largest absolute Gasteiger partial charge is 0.573 e. The van der Waals surface area contributed by atoms with Gasteiger partial charge in [-0.1, -0.05) is 30.0 Å². The van der Waals surface area contributed by atoms with Crippen molar-refractivity contribution in [2.24, 2.45) is 4.99 Å². The summed E-state index contributed by atoms with van der Waals surface area (Å²) in [7, 11) is 1.54. The number of amidine groups is 1. The SMILES string of the molecule is COCc1ccc(C)cc1N1C(=O)CSC1=NC(=O)Nc1ccc(COc2ncn(-c3ccc(OC(F)(F)F)cc3)n2)c(F)c1. The molecule has 4 aromatic rings. The van der Waals surface area contributed by atoms with Gasteiger partial charge in [-0.15, -0.1) is 18.3 Å². The third-order valence-corrected chi connectivity index (χ3v) is 7.13. The zero-order chi connectivity index (χ0) is 32.1. The maximum atomic E-state index is 14.8. The number of aromatic nitrogens is 3. The van der Waals surface area contributed by atoms with Gasteiger partial charge in [0.05, 0.1) is 23.7 Å². The molecule has 16 heteroatoms. The monoisotopic (exact) mass is 644 g/mol. The van der Waals surface area contributed by atoms with Gasteiger partial charge < -0.3 is 19.5 Å². The molecule has 0 bridgehead atoms. The first-order valence-electron chi connectivity index (χ1n) is 13.1. The van der Waals surface area contributed by atoms with Crippen LogP contribution >= 0.6 is 11.8 Å². The first-order chi connectivity index (χ1) is 21.5. The molecule has 1 saturated heterocycles. The number of nitrogens with one attached hydrogen (secondary N) is 1. The highest BCUT2D eigenvalue weighted by Crippen LogP contribution is 2.31. The molecule has 0 saturated carbocycles. The number of aliphatic imine (C=N–C) groups is 1. The van der Waals surface area contributed by atoms with Crippen LogP contribution in [0.3, 0.4) is 0 Å². The third-order valence-electron chi connectivity index (χ3n) is 6.21. The second-order valence-electron chi connectivity index (χ2n) is 9.52. The molecule has 1 aliphatic heterocycles. The van der Waals surface area contributed by atoms with Crippen molar-refractivity contribution in [2.75, 3.05) is 23.1 Å². The van der Waals surface area contributed by atoms with Crippen LogP contribution in [0.4, 0.5) is 33.7 Å². The molecule has 0 unspecified atom stereocenters. The van der Waals surface area contributed by atoms with E-state index < -0.39 is 24.0 Å². The Morgan fingerprint density at radius 1 is 1.07 bits per heavy atom. The lowest BCUT2D eigenvalue weighted by Crippen LogP contribution is -2.31. The molecule has 0 atom stereocenters. The zero-order valence-corrected chi connectivity index (χ0v) is 24.5. The van der Waals surface area contributed by atoms with Crippen LogP contribution in [-0.4, -0.2) is 51.1 Å². The molecular formula is C29H24F4N6O5S. The summed E-state index contributed by atoms with van der Waals surface area (Å²) in [6, 6.07) is 13.5. The second-order valence-corrected chi connectivity index (χ2v) is 10.5. The first kappa shape index (κ1) is 31.5. The van der Waals surface area contributed by atoms with E-state index in [1.54, 1.807) is 7.11 Å². The zero-order valence-electron chi connectivity index (χ0n) is 23.7. The quantitative estimate of drug-likeness (QED) is 0.220. The number of hydrogen-bond acceptors (Lipinski definition) is 8. The molecular weight excluding hydrogens is 620 g/mol. The van der Waals surface area contributed by atoms with Gasteiger partial charge in [-0.3, -0.25) is 9.69 Å². The Morgan fingerprint density at radius 3 is 2.53 bits per heavy atom. The van der Waals surface area contributed by atoms with Crippen LogP contribution < -0.4 is 19.7 Å². The van der Waals surface area contributed by atoms with E-state index >= 15 is 0 Å². The number of nitrogens with zero attached hydrogens (tertiary/aromatic N) is 5. The number of ether oxygens (including phenoxy) is 3. The van der Waals surface area contributed by atoms with Crippen LogP contribution in [0.15, 0.2) is 72.0 Å².